The molecule has 0 N–H and O–H groups in total. The summed E-state index contributed by atoms with van der Waals surface area (Å²) in [5, 5.41) is 0. The van der Waals surface area contributed by atoms with E-state index in [9.17, 15) is 9.59 Å². The smallest absolute Gasteiger partial charge is 0.417 e. The Morgan fingerprint density at radius 2 is 1.95 bits per heavy atom. The van der Waals surface area contributed by atoms with Crippen molar-refractivity contribution in [3.63, 3.8) is 0 Å². The number of β-lactam (4-membered cyclic amide) rings is 1. The number of carbonyl (C=O) groups excluding carboxylic acids is 2. The van der Waals surface area contributed by atoms with E-state index in [1.165, 1.54) is 7.11 Å². The van der Waals surface area contributed by atoms with Crippen LogP contribution in [0.4, 0.5) is 4.79 Å². The Labute approximate surface area is 132 Å². The lowest BCUT2D eigenvalue weighted by atomic mass is 9.96. The van der Waals surface area contributed by atoms with Gasteiger partial charge in [-0.1, -0.05) is 25.5 Å². The molecule has 0 aromatic carbocycles. The molecular formula is C16H27NO5. The highest BCUT2D eigenvalue weighted by Gasteiger charge is 2.53. The maximum absolute atomic E-state index is 12.2. The third kappa shape index (κ3) is 4.55. The van der Waals surface area contributed by atoms with Crippen LogP contribution < -0.4 is 0 Å². The zero-order valence-electron chi connectivity index (χ0n) is 14.5. The number of allylic oxidation sites excluding steroid dienone is 1. The fraction of sp³-hybridized carbons (Fsp3) is 0.750. The van der Waals surface area contributed by atoms with Crippen molar-refractivity contribution in [1.29, 1.82) is 0 Å². The number of likely N-dealkylation sites (tertiary alicyclic amines) is 1. The lowest BCUT2D eigenvalue weighted by Gasteiger charge is -2.45. The quantitative estimate of drug-likeness (QED) is 0.428. The summed E-state index contributed by atoms with van der Waals surface area (Å²) in [4.78, 5) is 25.4. The van der Waals surface area contributed by atoms with Crippen molar-refractivity contribution >= 4 is 12.0 Å². The first kappa shape index (κ1) is 18.6. The molecule has 1 rings (SSSR count). The van der Waals surface area contributed by atoms with Crippen LogP contribution in [0.3, 0.4) is 0 Å². The van der Waals surface area contributed by atoms with E-state index in [4.69, 9.17) is 14.2 Å². The molecule has 0 unspecified atom stereocenters. The fourth-order valence-electron chi connectivity index (χ4n) is 1.98. The second kappa shape index (κ2) is 7.24. The Balaban J connectivity index is 2.85. The van der Waals surface area contributed by atoms with Crippen LogP contribution in [0.1, 0.15) is 41.5 Å². The lowest BCUT2D eigenvalue weighted by Crippen LogP contribution is -2.68. The van der Waals surface area contributed by atoms with Gasteiger partial charge in [0.05, 0.1) is 12.6 Å². The molecule has 0 aromatic heterocycles. The van der Waals surface area contributed by atoms with Gasteiger partial charge in [-0.15, -0.1) is 0 Å². The second-order valence-electron chi connectivity index (χ2n) is 6.56. The normalized spacial score (nSPS) is 21.6. The summed E-state index contributed by atoms with van der Waals surface area (Å²) >= 11 is 0. The van der Waals surface area contributed by atoms with Crippen LogP contribution in [0.2, 0.25) is 0 Å². The number of methoxy groups -OCH3 is 1. The lowest BCUT2D eigenvalue weighted by molar-refractivity contribution is -0.246. The summed E-state index contributed by atoms with van der Waals surface area (Å²) in [6, 6.07) is -0.466. The summed E-state index contributed by atoms with van der Waals surface area (Å²) in [5.41, 5.74) is 0.989. The topological polar surface area (TPSA) is 65.1 Å². The van der Waals surface area contributed by atoms with Gasteiger partial charge in [-0.25, -0.2) is 9.69 Å². The molecule has 1 aliphatic heterocycles. The molecule has 1 fully saturated rings. The number of carbonyl (C=O) groups is 2. The van der Waals surface area contributed by atoms with E-state index < -0.39 is 29.9 Å². The summed E-state index contributed by atoms with van der Waals surface area (Å²) < 4.78 is 16.0. The Morgan fingerprint density at radius 1 is 1.36 bits per heavy atom. The van der Waals surface area contributed by atoms with Crippen LogP contribution in [-0.2, 0) is 19.0 Å². The summed E-state index contributed by atoms with van der Waals surface area (Å²) in [6.45, 7) is 11.4. The second-order valence-corrected chi connectivity index (χ2v) is 6.56. The third-order valence-corrected chi connectivity index (χ3v) is 3.23. The molecule has 22 heavy (non-hydrogen) atoms. The van der Waals surface area contributed by atoms with E-state index in [0.29, 0.717) is 0 Å². The Hall–Kier alpha value is -1.40. The standard InChI is InChI=1S/C16H27NO5/c1-10(2)8-12-13(22-16(5,6)20-7)14(18)17(12)15(19)21-9-11(3)4/h8,11-13H,9H2,1-7H3/t12-,13+/m1/s1. The predicted molar refractivity (Wildman–Crippen MR) is 82.2 cm³/mol. The van der Waals surface area contributed by atoms with E-state index in [0.717, 1.165) is 10.5 Å². The number of hydrogen-bond donors (Lipinski definition) is 0. The van der Waals surface area contributed by atoms with Crippen LogP contribution in [0.15, 0.2) is 11.6 Å². The molecule has 0 aliphatic carbocycles. The van der Waals surface area contributed by atoms with Gasteiger partial charge in [0.1, 0.15) is 0 Å². The number of imide groups is 1. The molecule has 0 spiro atoms. The molecule has 6 heteroatoms. The molecule has 6 nitrogen and oxygen atoms in total. The van der Waals surface area contributed by atoms with Crippen LogP contribution in [0, 0.1) is 5.92 Å². The predicted octanol–water partition coefficient (Wildman–Crippen LogP) is 2.72. The molecule has 2 amide bonds. The third-order valence-electron chi connectivity index (χ3n) is 3.23. The van der Waals surface area contributed by atoms with Crippen molar-refractivity contribution in [3.05, 3.63) is 11.6 Å². The molecule has 0 bridgehead atoms. The van der Waals surface area contributed by atoms with Crippen LogP contribution in [-0.4, -0.2) is 48.5 Å². The van der Waals surface area contributed by atoms with Gasteiger partial charge in [0.2, 0.25) is 0 Å². The largest absolute Gasteiger partial charge is 0.449 e. The van der Waals surface area contributed by atoms with Gasteiger partial charge in [-0.05, 0) is 33.6 Å². The van der Waals surface area contributed by atoms with E-state index in [1.54, 1.807) is 13.8 Å². The van der Waals surface area contributed by atoms with Gasteiger partial charge < -0.3 is 14.2 Å². The molecular weight excluding hydrogens is 286 g/mol. The highest BCUT2D eigenvalue weighted by molar-refractivity contribution is 6.01. The number of ether oxygens (including phenoxy) is 3. The molecule has 1 saturated heterocycles. The Bertz CT molecular complexity index is 451. The summed E-state index contributed by atoms with van der Waals surface area (Å²) in [7, 11) is 1.51. The van der Waals surface area contributed by atoms with Crippen molar-refractivity contribution in [1.82, 2.24) is 4.90 Å². The van der Waals surface area contributed by atoms with Crippen molar-refractivity contribution in [2.24, 2.45) is 5.92 Å². The van der Waals surface area contributed by atoms with E-state index in [1.807, 2.05) is 33.8 Å². The zero-order chi connectivity index (χ0) is 17.1. The maximum Gasteiger partial charge on any atom is 0.417 e. The van der Waals surface area contributed by atoms with Gasteiger partial charge >= 0.3 is 6.09 Å². The van der Waals surface area contributed by atoms with Gasteiger partial charge in [-0.2, -0.15) is 0 Å². The fourth-order valence-corrected chi connectivity index (χ4v) is 1.98. The van der Waals surface area contributed by atoms with Crippen molar-refractivity contribution in [3.8, 4) is 0 Å². The average Bonchev–Trinajstić information content (AvgIpc) is 2.42. The molecule has 1 heterocycles. The van der Waals surface area contributed by atoms with Crippen molar-refractivity contribution < 1.29 is 23.8 Å². The molecule has 126 valence electrons. The minimum Gasteiger partial charge on any atom is -0.449 e. The molecule has 0 saturated carbocycles. The van der Waals surface area contributed by atoms with Gasteiger partial charge in [-0.3, -0.25) is 4.79 Å². The van der Waals surface area contributed by atoms with Crippen LogP contribution >= 0.6 is 0 Å². The van der Waals surface area contributed by atoms with E-state index in [-0.39, 0.29) is 12.5 Å². The number of nitrogens with zero attached hydrogens (tertiary/aromatic N) is 1. The number of amides is 2. The van der Waals surface area contributed by atoms with Crippen molar-refractivity contribution in [2.75, 3.05) is 13.7 Å². The average molecular weight is 313 g/mol. The molecule has 2 atom stereocenters. The Kier molecular flexibility index (Phi) is 6.14. The summed E-state index contributed by atoms with van der Waals surface area (Å²) in [6.07, 6.45) is 0.460. The van der Waals surface area contributed by atoms with Crippen LogP contribution in [0.5, 0.6) is 0 Å². The molecule has 1 aliphatic rings. The number of rotatable bonds is 6. The summed E-state index contributed by atoms with van der Waals surface area (Å²) in [5.74, 6) is -1.09. The first-order chi connectivity index (χ1) is 10.1. The molecule has 0 radical (unpaired) electrons. The minimum absolute atomic E-state index is 0.210. The van der Waals surface area contributed by atoms with Gasteiger partial charge in [0.15, 0.2) is 11.9 Å². The molecule has 0 aromatic rings. The zero-order valence-corrected chi connectivity index (χ0v) is 14.5. The monoisotopic (exact) mass is 313 g/mol. The first-order valence-corrected chi connectivity index (χ1v) is 7.47. The van der Waals surface area contributed by atoms with E-state index >= 15 is 0 Å². The van der Waals surface area contributed by atoms with Crippen LogP contribution in [0.25, 0.3) is 0 Å². The Morgan fingerprint density at radius 3 is 2.41 bits per heavy atom. The highest BCUT2D eigenvalue weighted by Crippen LogP contribution is 2.30. The number of hydrogen-bond acceptors (Lipinski definition) is 5. The SMILES string of the molecule is COC(C)(C)O[C@@H]1C(=O)N(C(=O)OCC(C)C)[C@@H]1C=C(C)C. The van der Waals surface area contributed by atoms with Gasteiger partial charge in [0, 0.05) is 7.11 Å². The van der Waals surface area contributed by atoms with E-state index in [2.05, 4.69) is 0 Å². The minimum atomic E-state index is -0.901. The highest BCUT2D eigenvalue weighted by atomic mass is 16.7. The van der Waals surface area contributed by atoms with Gasteiger partial charge in [0.25, 0.3) is 5.91 Å². The maximum atomic E-state index is 12.2. The first-order valence-electron chi connectivity index (χ1n) is 7.47. The van der Waals surface area contributed by atoms with Crippen molar-refractivity contribution in [2.45, 2.75) is 59.5 Å².